The number of rotatable bonds is 9. The molecule has 1 N–H and O–H groups in total. The summed E-state index contributed by atoms with van der Waals surface area (Å²) in [6, 6.07) is 12.4. The molecule has 2 aromatic heterocycles. The van der Waals surface area contributed by atoms with Crippen LogP contribution in [0.4, 0.5) is 0 Å². The van der Waals surface area contributed by atoms with Crippen LogP contribution in [-0.4, -0.2) is 72.8 Å². The van der Waals surface area contributed by atoms with Gasteiger partial charge in [-0.25, -0.2) is 4.98 Å². The molecule has 0 aliphatic carbocycles. The van der Waals surface area contributed by atoms with Crippen LogP contribution in [0.5, 0.6) is 0 Å². The van der Waals surface area contributed by atoms with Gasteiger partial charge in [0, 0.05) is 45.0 Å². The molecule has 4 rings (SSSR count). The Morgan fingerprint density at radius 3 is 2.71 bits per heavy atom. The number of aryl methyl sites for hydroxylation is 2. The van der Waals surface area contributed by atoms with Gasteiger partial charge in [0.05, 0.1) is 37.1 Å². The van der Waals surface area contributed by atoms with Gasteiger partial charge in [0.2, 0.25) is 5.91 Å². The highest BCUT2D eigenvalue weighted by Gasteiger charge is 2.22. The monoisotopic (exact) mass is 486 g/mol. The zero-order chi connectivity index (χ0) is 23.2. The number of benzene rings is 1. The van der Waals surface area contributed by atoms with Gasteiger partial charge >= 0.3 is 0 Å². The van der Waals surface area contributed by atoms with Crippen LogP contribution in [0.2, 0.25) is 0 Å². The van der Waals surface area contributed by atoms with Gasteiger partial charge in [0.25, 0.3) is 0 Å². The largest absolute Gasteiger partial charge is 0.383 e. The molecule has 1 aromatic carbocycles. The van der Waals surface area contributed by atoms with E-state index in [2.05, 4.69) is 55.6 Å². The van der Waals surface area contributed by atoms with E-state index in [1.54, 1.807) is 7.11 Å². The highest BCUT2D eigenvalue weighted by atomic mass is 35.5. The minimum Gasteiger partial charge on any atom is -0.383 e. The number of nitrogens with one attached hydrogen (secondary N) is 1. The van der Waals surface area contributed by atoms with Gasteiger partial charge in [0.1, 0.15) is 5.65 Å². The van der Waals surface area contributed by atoms with Gasteiger partial charge in [-0.1, -0.05) is 29.8 Å². The molecule has 3 aromatic rings. The Kier molecular flexibility index (Phi) is 9.47. The molecule has 8 heteroatoms. The molecule has 1 fully saturated rings. The van der Waals surface area contributed by atoms with Crippen molar-refractivity contribution < 1.29 is 14.3 Å². The summed E-state index contributed by atoms with van der Waals surface area (Å²) in [5, 5.41) is 3.36. The van der Waals surface area contributed by atoms with E-state index < -0.39 is 0 Å². The predicted octanol–water partition coefficient (Wildman–Crippen LogP) is 3.44. The Labute approximate surface area is 207 Å². The van der Waals surface area contributed by atoms with Crippen molar-refractivity contribution in [2.45, 2.75) is 32.8 Å². The second-order valence-electron chi connectivity index (χ2n) is 8.74. The van der Waals surface area contributed by atoms with Crippen molar-refractivity contribution in [2.24, 2.45) is 0 Å². The minimum atomic E-state index is 0. The number of halogens is 1. The van der Waals surface area contributed by atoms with Gasteiger partial charge in [-0.3, -0.25) is 4.79 Å². The standard InChI is InChI=1S/C26H34N4O3.ClH/c1-19-4-6-21(7-5-19)26-23(30-12-8-20(2)16-24(30)28-26)17-25(31)29(13-15-32-3)11-9-22-18-27-10-14-33-22;/h4-8,12,16,22,27H,9-11,13-15,17-18H2,1-3H3;1H. The Hall–Kier alpha value is -2.45. The third-order valence-electron chi connectivity index (χ3n) is 6.17. The first-order valence-corrected chi connectivity index (χ1v) is 11.7. The van der Waals surface area contributed by atoms with E-state index in [1.165, 1.54) is 5.56 Å². The zero-order valence-corrected chi connectivity index (χ0v) is 21.1. The first-order valence-electron chi connectivity index (χ1n) is 11.7. The number of hydrogen-bond acceptors (Lipinski definition) is 5. The van der Waals surface area contributed by atoms with Crippen molar-refractivity contribution in [1.29, 1.82) is 0 Å². The van der Waals surface area contributed by atoms with Crippen molar-refractivity contribution in [2.75, 3.05) is 46.5 Å². The maximum atomic E-state index is 13.5. The summed E-state index contributed by atoms with van der Waals surface area (Å²) in [4.78, 5) is 20.3. The molecule has 0 saturated carbocycles. The molecule has 1 unspecified atom stereocenters. The fraction of sp³-hybridized carbons (Fsp3) is 0.462. The number of imidazole rings is 1. The summed E-state index contributed by atoms with van der Waals surface area (Å²) in [7, 11) is 1.67. The lowest BCUT2D eigenvalue weighted by molar-refractivity contribution is -0.131. The number of methoxy groups -OCH3 is 1. The average Bonchev–Trinajstić information content (AvgIpc) is 3.17. The van der Waals surface area contributed by atoms with E-state index in [0.717, 1.165) is 54.3 Å². The van der Waals surface area contributed by atoms with Crippen LogP contribution in [-0.2, 0) is 20.7 Å². The molecule has 184 valence electrons. The van der Waals surface area contributed by atoms with E-state index >= 15 is 0 Å². The van der Waals surface area contributed by atoms with Gasteiger partial charge in [-0.05, 0) is 38.0 Å². The molecule has 1 amide bonds. The Balaban J connectivity index is 0.00000324. The molecular formula is C26H35ClN4O3. The summed E-state index contributed by atoms with van der Waals surface area (Å²) in [5.74, 6) is 0.0755. The highest BCUT2D eigenvalue weighted by Crippen LogP contribution is 2.26. The zero-order valence-electron chi connectivity index (χ0n) is 20.3. The van der Waals surface area contributed by atoms with Crippen molar-refractivity contribution in [3.8, 4) is 11.3 Å². The first-order chi connectivity index (χ1) is 16.0. The fourth-order valence-electron chi connectivity index (χ4n) is 4.23. The highest BCUT2D eigenvalue weighted by molar-refractivity contribution is 5.85. The Morgan fingerprint density at radius 2 is 2.00 bits per heavy atom. The molecule has 0 bridgehead atoms. The van der Waals surface area contributed by atoms with E-state index in [-0.39, 0.29) is 30.8 Å². The number of carbonyl (C=O) groups excluding carboxylic acids is 1. The summed E-state index contributed by atoms with van der Waals surface area (Å²) < 4.78 is 13.2. The number of carbonyl (C=O) groups is 1. The minimum absolute atomic E-state index is 0. The van der Waals surface area contributed by atoms with Crippen LogP contribution in [0, 0.1) is 13.8 Å². The first kappa shape index (κ1) is 26.2. The summed E-state index contributed by atoms with van der Waals surface area (Å²) in [5.41, 5.74) is 6.00. The van der Waals surface area contributed by atoms with Crippen LogP contribution >= 0.6 is 12.4 Å². The molecule has 34 heavy (non-hydrogen) atoms. The van der Waals surface area contributed by atoms with Gasteiger partial charge in [0.15, 0.2) is 0 Å². The maximum Gasteiger partial charge on any atom is 0.228 e. The average molecular weight is 487 g/mol. The fourth-order valence-corrected chi connectivity index (χ4v) is 4.23. The maximum absolute atomic E-state index is 13.5. The molecule has 1 atom stereocenters. The number of morpholine rings is 1. The van der Waals surface area contributed by atoms with Crippen LogP contribution in [0.15, 0.2) is 42.6 Å². The SMILES string of the molecule is COCCN(CCC1CNCCO1)C(=O)Cc1c(-c2ccc(C)cc2)nc2cc(C)ccn12.Cl. The number of amides is 1. The molecular weight excluding hydrogens is 452 g/mol. The second kappa shape index (κ2) is 12.3. The number of hydrogen-bond donors (Lipinski definition) is 1. The second-order valence-corrected chi connectivity index (χ2v) is 8.74. The third-order valence-corrected chi connectivity index (χ3v) is 6.17. The van der Waals surface area contributed by atoms with E-state index in [4.69, 9.17) is 14.5 Å². The molecule has 3 heterocycles. The Bertz CT molecular complexity index is 1080. The number of pyridine rings is 1. The van der Waals surface area contributed by atoms with Crippen LogP contribution in [0.3, 0.4) is 0 Å². The van der Waals surface area contributed by atoms with Gasteiger partial charge in [-0.2, -0.15) is 0 Å². The number of aromatic nitrogens is 2. The summed E-state index contributed by atoms with van der Waals surface area (Å²) in [6.45, 7) is 8.27. The molecule has 0 radical (unpaired) electrons. The smallest absolute Gasteiger partial charge is 0.228 e. The van der Waals surface area contributed by atoms with Gasteiger partial charge < -0.3 is 24.1 Å². The Morgan fingerprint density at radius 1 is 1.21 bits per heavy atom. The predicted molar refractivity (Wildman–Crippen MR) is 137 cm³/mol. The van der Waals surface area contributed by atoms with Crippen molar-refractivity contribution in [3.05, 3.63) is 59.4 Å². The lowest BCUT2D eigenvalue weighted by Gasteiger charge is -2.28. The molecule has 1 aliphatic rings. The topological polar surface area (TPSA) is 68.1 Å². The van der Waals surface area contributed by atoms with E-state index in [9.17, 15) is 4.79 Å². The van der Waals surface area contributed by atoms with Crippen molar-refractivity contribution in [3.63, 3.8) is 0 Å². The van der Waals surface area contributed by atoms with Crippen molar-refractivity contribution >= 4 is 24.0 Å². The lowest BCUT2D eigenvalue weighted by atomic mass is 10.1. The number of nitrogens with zero attached hydrogens (tertiary/aromatic N) is 3. The number of ether oxygens (including phenoxy) is 2. The normalized spacial score (nSPS) is 15.8. The quantitative estimate of drug-likeness (QED) is 0.502. The van der Waals surface area contributed by atoms with E-state index in [0.29, 0.717) is 19.7 Å². The summed E-state index contributed by atoms with van der Waals surface area (Å²) >= 11 is 0. The lowest BCUT2D eigenvalue weighted by Crippen LogP contribution is -2.42. The van der Waals surface area contributed by atoms with Crippen molar-refractivity contribution in [1.82, 2.24) is 19.6 Å². The van der Waals surface area contributed by atoms with Crippen LogP contribution in [0.25, 0.3) is 16.9 Å². The number of fused-ring (bicyclic) bond motifs is 1. The molecule has 0 spiro atoms. The summed E-state index contributed by atoms with van der Waals surface area (Å²) in [6.07, 6.45) is 3.23. The molecule has 1 saturated heterocycles. The molecule has 1 aliphatic heterocycles. The van der Waals surface area contributed by atoms with Crippen LogP contribution in [0.1, 0.15) is 23.2 Å². The molecule has 7 nitrogen and oxygen atoms in total. The van der Waals surface area contributed by atoms with Gasteiger partial charge in [-0.15, -0.1) is 12.4 Å². The van der Waals surface area contributed by atoms with Crippen LogP contribution < -0.4 is 5.32 Å². The van der Waals surface area contributed by atoms with E-state index in [1.807, 2.05) is 15.5 Å². The third kappa shape index (κ3) is 6.36.